The number of ether oxygens (including phenoxy) is 3. The highest BCUT2D eigenvalue weighted by Gasteiger charge is 2.34. The van der Waals surface area contributed by atoms with Crippen molar-refractivity contribution in [3.63, 3.8) is 0 Å². The lowest BCUT2D eigenvalue weighted by Crippen LogP contribution is -2.26. The van der Waals surface area contributed by atoms with Gasteiger partial charge in [0.15, 0.2) is 12.2 Å². The molecule has 2 atom stereocenters. The third-order valence-electron chi connectivity index (χ3n) is 2.68. The fourth-order valence-electron chi connectivity index (χ4n) is 1.75. The third-order valence-corrected chi connectivity index (χ3v) is 2.68. The Morgan fingerprint density at radius 1 is 1.26 bits per heavy atom. The normalized spacial score (nSPS) is 22.2. The van der Waals surface area contributed by atoms with E-state index in [0.717, 1.165) is 5.56 Å². The van der Waals surface area contributed by atoms with Crippen molar-refractivity contribution in [2.24, 2.45) is 0 Å². The molecule has 0 amide bonds. The lowest BCUT2D eigenvalue weighted by atomic mass is 10.2. The summed E-state index contributed by atoms with van der Waals surface area (Å²) in [6, 6.07) is 9.81. The van der Waals surface area contributed by atoms with E-state index in [-0.39, 0.29) is 0 Å². The molecule has 1 aliphatic rings. The van der Waals surface area contributed by atoms with Crippen LogP contribution in [0.15, 0.2) is 55.1 Å². The van der Waals surface area contributed by atoms with Crippen molar-refractivity contribution < 1.29 is 19.0 Å². The molecule has 0 unspecified atom stereocenters. The first kappa shape index (κ1) is 13.4. The molecule has 0 N–H and O–H groups in total. The maximum atomic E-state index is 11.1. The maximum absolute atomic E-state index is 11.1. The Kier molecular flexibility index (Phi) is 4.75. The molecule has 0 radical (unpaired) electrons. The second-order valence-electron chi connectivity index (χ2n) is 4.11. The molecule has 0 saturated carbocycles. The van der Waals surface area contributed by atoms with E-state index in [1.54, 1.807) is 18.2 Å². The highest BCUT2D eigenvalue weighted by Crippen LogP contribution is 2.17. The molecule has 1 fully saturated rings. The van der Waals surface area contributed by atoms with Crippen molar-refractivity contribution >= 4 is 6.16 Å². The molecule has 0 spiro atoms. The van der Waals surface area contributed by atoms with E-state index in [0.29, 0.717) is 13.2 Å². The number of benzene rings is 1. The standard InChI is InChI=1S/C15H16O4/c1-2-3-9-13-14(19-15(16)18-13)11-17-10-12-7-5-4-6-8-12/h2-9,13-14H,1,10-11H2/b9-3+/t13-,14-/m0/s1. The minimum atomic E-state index is -0.660. The summed E-state index contributed by atoms with van der Waals surface area (Å²) in [6.07, 6.45) is 3.58. The minimum absolute atomic E-state index is 0.298. The third kappa shape index (κ3) is 3.96. The fourth-order valence-corrected chi connectivity index (χ4v) is 1.75. The van der Waals surface area contributed by atoms with Gasteiger partial charge in [-0.1, -0.05) is 49.1 Å². The molecule has 0 bridgehead atoms. The van der Waals surface area contributed by atoms with Gasteiger partial charge in [-0.25, -0.2) is 4.79 Å². The van der Waals surface area contributed by atoms with Gasteiger partial charge in [-0.15, -0.1) is 0 Å². The van der Waals surface area contributed by atoms with Crippen LogP contribution in [0.25, 0.3) is 0 Å². The average molecular weight is 260 g/mol. The monoisotopic (exact) mass is 260 g/mol. The number of rotatable bonds is 6. The molecule has 0 aromatic heterocycles. The van der Waals surface area contributed by atoms with Gasteiger partial charge in [-0.3, -0.25) is 0 Å². The van der Waals surface area contributed by atoms with Gasteiger partial charge in [0.25, 0.3) is 0 Å². The number of carbonyl (C=O) groups is 1. The number of carbonyl (C=O) groups excluding carboxylic acids is 1. The van der Waals surface area contributed by atoms with Gasteiger partial charge in [0.2, 0.25) is 0 Å². The summed E-state index contributed by atoms with van der Waals surface area (Å²) < 4.78 is 15.6. The summed E-state index contributed by atoms with van der Waals surface area (Å²) in [5.41, 5.74) is 1.07. The van der Waals surface area contributed by atoms with Crippen LogP contribution in [0.3, 0.4) is 0 Å². The van der Waals surface area contributed by atoms with E-state index in [1.165, 1.54) is 0 Å². The zero-order valence-electron chi connectivity index (χ0n) is 10.5. The molecule has 1 aromatic rings. The zero-order chi connectivity index (χ0) is 13.5. The largest absolute Gasteiger partial charge is 0.509 e. The van der Waals surface area contributed by atoms with Crippen molar-refractivity contribution in [1.29, 1.82) is 0 Å². The lowest BCUT2D eigenvalue weighted by Gasteiger charge is -2.12. The van der Waals surface area contributed by atoms with Crippen LogP contribution in [-0.2, 0) is 20.8 Å². The first-order chi connectivity index (χ1) is 9.29. The summed E-state index contributed by atoms with van der Waals surface area (Å²) in [6.45, 7) is 4.35. The van der Waals surface area contributed by atoms with E-state index in [9.17, 15) is 4.79 Å². The Morgan fingerprint density at radius 3 is 2.79 bits per heavy atom. The molecule has 19 heavy (non-hydrogen) atoms. The van der Waals surface area contributed by atoms with E-state index in [2.05, 4.69) is 6.58 Å². The second kappa shape index (κ2) is 6.75. The van der Waals surface area contributed by atoms with Crippen molar-refractivity contribution in [1.82, 2.24) is 0 Å². The first-order valence-electron chi connectivity index (χ1n) is 6.08. The second-order valence-corrected chi connectivity index (χ2v) is 4.11. The SMILES string of the molecule is C=C/C=C/[C@@H]1OC(=O)O[C@H]1COCc1ccccc1. The van der Waals surface area contributed by atoms with Crippen molar-refractivity contribution in [3.05, 3.63) is 60.7 Å². The number of allylic oxidation sites excluding steroid dienone is 2. The molecule has 1 heterocycles. The van der Waals surface area contributed by atoms with Gasteiger partial charge in [-0.2, -0.15) is 0 Å². The van der Waals surface area contributed by atoms with Crippen LogP contribution in [0.5, 0.6) is 0 Å². The summed E-state index contributed by atoms with van der Waals surface area (Å²) in [5.74, 6) is 0. The molecule has 0 aliphatic carbocycles. The predicted octanol–water partition coefficient (Wildman–Crippen LogP) is 2.85. The zero-order valence-corrected chi connectivity index (χ0v) is 10.5. The highest BCUT2D eigenvalue weighted by atomic mass is 16.8. The number of cyclic esters (lactones) is 2. The molecule has 1 aliphatic heterocycles. The summed E-state index contributed by atoms with van der Waals surface area (Å²) in [4.78, 5) is 11.1. The Balaban J connectivity index is 1.82. The minimum Gasteiger partial charge on any atom is -0.424 e. The predicted molar refractivity (Wildman–Crippen MR) is 70.6 cm³/mol. The summed E-state index contributed by atoms with van der Waals surface area (Å²) in [5, 5.41) is 0. The van der Waals surface area contributed by atoms with E-state index in [4.69, 9.17) is 14.2 Å². The van der Waals surface area contributed by atoms with Crippen LogP contribution < -0.4 is 0 Å². The molecule has 1 aromatic carbocycles. The molecule has 100 valence electrons. The Morgan fingerprint density at radius 2 is 2.05 bits per heavy atom. The molecule has 4 heteroatoms. The smallest absolute Gasteiger partial charge is 0.424 e. The summed E-state index contributed by atoms with van der Waals surface area (Å²) in [7, 11) is 0. The Labute approximate surface area is 112 Å². The van der Waals surface area contributed by atoms with E-state index >= 15 is 0 Å². The lowest BCUT2D eigenvalue weighted by molar-refractivity contribution is 0.0305. The summed E-state index contributed by atoms with van der Waals surface area (Å²) >= 11 is 0. The van der Waals surface area contributed by atoms with Gasteiger partial charge in [0, 0.05) is 0 Å². The van der Waals surface area contributed by atoms with E-state index in [1.807, 2.05) is 30.3 Å². The number of hydrogen-bond donors (Lipinski definition) is 0. The number of hydrogen-bond acceptors (Lipinski definition) is 4. The highest BCUT2D eigenvalue weighted by molar-refractivity contribution is 5.63. The van der Waals surface area contributed by atoms with Crippen molar-refractivity contribution in [3.8, 4) is 0 Å². The van der Waals surface area contributed by atoms with E-state index < -0.39 is 18.4 Å². The molecular weight excluding hydrogens is 244 g/mol. The fraction of sp³-hybridized carbons (Fsp3) is 0.267. The van der Waals surface area contributed by atoms with Crippen molar-refractivity contribution in [2.45, 2.75) is 18.8 Å². The van der Waals surface area contributed by atoms with Crippen molar-refractivity contribution in [2.75, 3.05) is 6.61 Å². The van der Waals surface area contributed by atoms with Crippen LogP contribution >= 0.6 is 0 Å². The van der Waals surface area contributed by atoms with Crippen LogP contribution in [0.2, 0.25) is 0 Å². The van der Waals surface area contributed by atoms with Crippen LogP contribution in [0.1, 0.15) is 5.56 Å². The molecule has 2 rings (SSSR count). The maximum Gasteiger partial charge on any atom is 0.509 e. The van der Waals surface area contributed by atoms with Crippen LogP contribution in [-0.4, -0.2) is 25.0 Å². The molecule has 1 saturated heterocycles. The van der Waals surface area contributed by atoms with Crippen LogP contribution in [0, 0.1) is 0 Å². The molecule has 4 nitrogen and oxygen atoms in total. The van der Waals surface area contributed by atoms with Gasteiger partial charge in [0.05, 0.1) is 13.2 Å². The van der Waals surface area contributed by atoms with Gasteiger partial charge >= 0.3 is 6.16 Å². The first-order valence-corrected chi connectivity index (χ1v) is 6.08. The Bertz CT molecular complexity index is 452. The van der Waals surface area contributed by atoms with Gasteiger partial charge in [-0.05, 0) is 11.6 Å². The molecular formula is C15H16O4. The topological polar surface area (TPSA) is 44.8 Å². The quantitative estimate of drug-likeness (QED) is 0.582. The van der Waals surface area contributed by atoms with Gasteiger partial charge in [0.1, 0.15) is 0 Å². The Hall–Kier alpha value is -2.07. The average Bonchev–Trinajstić information content (AvgIpc) is 2.78. The van der Waals surface area contributed by atoms with Crippen LogP contribution in [0.4, 0.5) is 4.79 Å². The van der Waals surface area contributed by atoms with Gasteiger partial charge < -0.3 is 14.2 Å².